The lowest BCUT2D eigenvalue weighted by molar-refractivity contribution is 0.145. The average molecular weight is 336 g/mol. The van der Waals surface area contributed by atoms with Crippen molar-refractivity contribution in [3.63, 3.8) is 0 Å². The predicted octanol–water partition coefficient (Wildman–Crippen LogP) is 2.53. The van der Waals surface area contributed by atoms with Gasteiger partial charge in [-0.05, 0) is 37.0 Å². The first-order valence-electron chi connectivity index (χ1n) is 7.71. The molecule has 0 aliphatic carbocycles. The second kappa shape index (κ2) is 11.4. The van der Waals surface area contributed by atoms with Gasteiger partial charge in [0.15, 0.2) is 5.11 Å². The van der Waals surface area contributed by atoms with Gasteiger partial charge in [-0.3, -0.25) is 5.43 Å². The number of carbonyl (C=O) groups is 1. The lowest BCUT2D eigenvalue weighted by Gasteiger charge is -2.09. The van der Waals surface area contributed by atoms with Crippen LogP contribution in [0.5, 0.6) is 0 Å². The number of thiocarbonyl (C=S) groups is 1. The van der Waals surface area contributed by atoms with Gasteiger partial charge in [-0.25, -0.2) is 4.79 Å². The largest absolute Gasteiger partial charge is 0.450 e. The molecular formula is C16H24N4O2S. The van der Waals surface area contributed by atoms with Crippen LogP contribution in [-0.4, -0.2) is 30.1 Å². The van der Waals surface area contributed by atoms with Crippen LogP contribution in [0.3, 0.4) is 0 Å². The normalized spacial score (nSPS) is 10.9. The highest BCUT2D eigenvalue weighted by molar-refractivity contribution is 7.80. The number of carbonyl (C=O) groups excluding carboxylic acids is 1. The molecule has 0 aliphatic rings. The molecule has 0 fully saturated rings. The van der Waals surface area contributed by atoms with Crippen LogP contribution in [0.4, 0.5) is 4.79 Å². The number of nitrogens with zero attached hydrogens (tertiary/aromatic N) is 1. The van der Waals surface area contributed by atoms with Crippen molar-refractivity contribution >= 4 is 29.1 Å². The summed E-state index contributed by atoms with van der Waals surface area (Å²) in [5, 5.41) is 7.04. The Labute approximate surface area is 142 Å². The Morgan fingerprint density at radius 1 is 1.30 bits per heavy atom. The fraction of sp³-hybridized carbons (Fsp3) is 0.438. The molecule has 1 aromatic rings. The average Bonchev–Trinajstić information content (AvgIpc) is 2.55. The zero-order valence-corrected chi connectivity index (χ0v) is 14.2. The highest BCUT2D eigenvalue weighted by atomic mass is 32.1. The Morgan fingerprint density at radius 2 is 2.04 bits per heavy atom. The molecule has 0 saturated heterocycles. The summed E-state index contributed by atoms with van der Waals surface area (Å²) in [6.45, 7) is 3.04. The molecule has 0 aliphatic heterocycles. The number of rotatable bonds is 9. The molecule has 1 amide bonds. The number of ether oxygens (including phenoxy) is 1. The number of nitrogens with two attached hydrogens (primary N) is 1. The summed E-state index contributed by atoms with van der Waals surface area (Å²) in [6, 6.07) is 9.72. The molecule has 4 N–H and O–H groups in total. The van der Waals surface area contributed by atoms with Gasteiger partial charge in [0.2, 0.25) is 0 Å². The molecule has 0 spiro atoms. The summed E-state index contributed by atoms with van der Waals surface area (Å²) in [5.41, 5.74) is 9.80. The number of hydrogen-bond donors (Lipinski definition) is 3. The van der Waals surface area contributed by atoms with E-state index in [1.54, 1.807) is 0 Å². The van der Waals surface area contributed by atoms with E-state index in [0.717, 1.165) is 24.1 Å². The van der Waals surface area contributed by atoms with Gasteiger partial charge in [0.25, 0.3) is 0 Å². The van der Waals surface area contributed by atoms with Crippen LogP contribution in [0, 0.1) is 0 Å². The van der Waals surface area contributed by atoms with Gasteiger partial charge < -0.3 is 15.8 Å². The van der Waals surface area contributed by atoms with Crippen molar-refractivity contribution in [1.29, 1.82) is 0 Å². The van der Waals surface area contributed by atoms with E-state index in [1.807, 2.05) is 30.3 Å². The Hall–Kier alpha value is -2.15. The minimum atomic E-state index is -0.377. The SMILES string of the molecule is CCCCNC(=O)OCCCC(=NNC(N)=S)c1ccccc1. The summed E-state index contributed by atoms with van der Waals surface area (Å²) in [4.78, 5) is 11.4. The maximum atomic E-state index is 11.4. The van der Waals surface area contributed by atoms with Gasteiger partial charge >= 0.3 is 6.09 Å². The second-order valence-electron chi connectivity index (χ2n) is 4.92. The lowest BCUT2D eigenvalue weighted by atomic mass is 10.1. The number of hydrazone groups is 1. The van der Waals surface area contributed by atoms with E-state index < -0.39 is 0 Å². The van der Waals surface area contributed by atoms with Gasteiger partial charge in [-0.1, -0.05) is 43.7 Å². The summed E-state index contributed by atoms with van der Waals surface area (Å²) >= 11 is 4.77. The third-order valence-corrected chi connectivity index (χ3v) is 3.09. The summed E-state index contributed by atoms with van der Waals surface area (Å²) < 4.78 is 5.12. The fourth-order valence-electron chi connectivity index (χ4n) is 1.84. The van der Waals surface area contributed by atoms with Crippen LogP contribution in [0.25, 0.3) is 0 Å². The van der Waals surface area contributed by atoms with Crippen molar-refractivity contribution in [1.82, 2.24) is 10.7 Å². The molecule has 0 atom stereocenters. The van der Waals surface area contributed by atoms with E-state index in [2.05, 4.69) is 22.8 Å². The smallest absolute Gasteiger partial charge is 0.407 e. The van der Waals surface area contributed by atoms with E-state index in [-0.39, 0.29) is 11.2 Å². The first-order valence-corrected chi connectivity index (χ1v) is 8.12. The minimum absolute atomic E-state index is 0.116. The summed E-state index contributed by atoms with van der Waals surface area (Å²) in [5.74, 6) is 0. The molecule has 0 bridgehead atoms. The Kier molecular flexibility index (Phi) is 9.38. The van der Waals surface area contributed by atoms with E-state index in [4.69, 9.17) is 22.7 Å². The van der Waals surface area contributed by atoms with Gasteiger partial charge in [0, 0.05) is 6.54 Å². The number of amides is 1. The standard InChI is InChI=1S/C16H24N4O2S/c1-2-3-11-18-16(21)22-12-7-10-14(19-20-15(17)23)13-8-5-4-6-9-13/h4-6,8-9H,2-3,7,10-12H2,1H3,(H,18,21)(H3,17,20,23). The van der Waals surface area contributed by atoms with Crippen molar-refractivity contribution < 1.29 is 9.53 Å². The molecule has 0 heterocycles. The Balaban J connectivity index is 2.42. The molecular weight excluding hydrogens is 312 g/mol. The maximum absolute atomic E-state index is 11.4. The lowest BCUT2D eigenvalue weighted by Crippen LogP contribution is -2.26. The molecule has 1 aromatic carbocycles. The van der Waals surface area contributed by atoms with Crippen molar-refractivity contribution in [3.05, 3.63) is 35.9 Å². The van der Waals surface area contributed by atoms with Gasteiger partial charge in [-0.2, -0.15) is 5.10 Å². The van der Waals surface area contributed by atoms with Gasteiger partial charge in [0.1, 0.15) is 0 Å². The molecule has 6 nitrogen and oxygen atoms in total. The summed E-state index contributed by atoms with van der Waals surface area (Å²) in [7, 11) is 0. The highest BCUT2D eigenvalue weighted by Gasteiger charge is 2.05. The number of nitrogens with one attached hydrogen (secondary N) is 2. The molecule has 126 valence electrons. The number of unbranched alkanes of at least 4 members (excludes halogenated alkanes) is 1. The van der Waals surface area contributed by atoms with Crippen molar-refractivity contribution in [3.8, 4) is 0 Å². The summed E-state index contributed by atoms with van der Waals surface area (Å²) in [6.07, 6.45) is 2.91. The number of benzene rings is 1. The fourth-order valence-corrected chi connectivity index (χ4v) is 1.89. The van der Waals surface area contributed by atoms with Crippen LogP contribution >= 0.6 is 12.2 Å². The third-order valence-electron chi connectivity index (χ3n) is 3.00. The van der Waals surface area contributed by atoms with Gasteiger partial charge in [0.05, 0.1) is 12.3 Å². The number of alkyl carbamates (subject to hydrolysis) is 1. The first-order chi connectivity index (χ1) is 11.1. The van der Waals surface area contributed by atoms with Crippen LogP contribution in [0.15, 0.2) is 35.4 Å². The number of hydrogen-bond acceptors (Lipinski definition) is 4. The molecule has 1 rings (SSSR count). The molecule has 0 radical (unpaired) electrons. The van der Waals surface area contributed by atoms with Crippen LogP contribution in [-0.2, 0) is 4.74 Å². The molecule has 0 unspecified atom stereocenters. The van der Waals surface area contributed by atoms with Crippen LogP contribution < -0.4 is 16.5 Å². The molecule has 7 heteroatoms. The minimum Gasteiger partial charge on any atom is -0.450 e. The monoisotopic (exact) mass is 336 g/mol. The zero-order valence-electron chi connectivity index (χ0n) is 13.4. The molecule has 23 heavy (non-hydrogen) atoms. The highest BCUT2D eigenvalue weighted by Crippen LogP contribution is 2.06. The Morgan fingerprint density at radius 3 is 2.70 bits per heavy atom. The molecule has 0 aromatic heterocycles. The quantitative estimate of drug-likeness (QED) is 0.279. The van der Waals surface area contributed by atoms with E-state index in [1.165, 1.54) is 0 Å². The maximum Gasteiger partial charge on any atom is 0.407 e. The molecule has 0 saturated carbocycles. The Bertz CT molecular complexity index is 520. The van der Waals surface area contributed by atoms with Crippen molar-refractivity contribution in [2.45, 2.75) is 32.6 Å². The van der Waals surface area contributed by atoms with E-state index in [0.29, 0.717) is 26.0 Å². The van der Waals surface area contributed by atoms with Crippen molar-refractivity contribution in [2.24, 2.45) is 10.8 Å². The topological polar surface area (TPSA) is 88.7 Å². The predicted molar refractivity (Wildman–Crippen MR) is 96.4 cm³/mol. The zero-order chi connectivity index (χ0) is 16.9. The van der Waals surface area contributed by atoms with E-state index in [9.17, 15) is 4.79 Å². The van der Waals surface area contributed by atoms with Crippen LogP contribution in [0.1, 0.15) is 38.2 Å². The van der Waals surface area contributed by atoms with Crippen LogP contribution in [0.2, 0.25) is 0 Å². The van der Waals surface area contributed by atoms with Crippen molar-refractivity contribution in [2.75, 3.05) is 13.2 Å². The second-order valence-corrected chi connectivity index (χ2v) is 5.36. The third kappa shape index (κ3) is 8.77. The first kappa shape index (κ1) is 18.9. The van der Waals surface area contributed by atoms with E-state index >= 15 is 0 Å². The van der Waals surface area contributed by atoms with Gasteiger partial charge in [-0.15, -0.1) is 0 Å².